The predicted octanol–water partition coefficient (Wildman–Crippen LogP) is 9.06. The Kier molecular flexibility index (Phi) is 11.0. The molecule has 15 heteroatoms. The lowest BCUT2D eigenvalue weighted by atomic mass is 10.0. The number of nitrogens with zero attached hydrogens (tertiary/aromatic N) is 3. The quantitative estimate of drug-likeness (QED) is 0.110. The summed E-state index contributed by atoms with van der Waals surface area (Å²) in [5.41, 5.74) is -3.90. The van der Waals surface area contributed by atoms with Crippen molar-refractivity contribution in [1.82, 2.24) is 9.97 Å². The van der Waals surface area contributed by atoms with Gasteiger partial charge in [-0.1, -0.05) is 30.3 Å². The molecule has 0 aliphatic heterocycles. The lowest BCUT2D eigenvalue weighted by Crippen LogP contribution is -2.25. The summed E-state index contributed by atoms with van der Waals surface area (Å²) >= 11 is 1.52. The smallest absolute Gasteiger partial charge is 0.416 e. The lowest BCUT2D eigenvalue weighted by Gasteiger charge is -2.26. The maximum Gasteiger partial charge on any atom is 0.416 e. The highest BCUT2D eigenvalue weighted by Gasteiger charge is 2.37. The molecule has 0 atom stereocenters. The van der Waals surface area contributed by atoms with Crippen LogP contribution in [0.25, 0.3) is 0 Å². The van der Waals surface area contributed by atoms with E-state index in [0.717, 1.165) is 23.1 Å². The fraction of sp³-hybridized carbons (Fsp3) is 0.290. The highest BCUT2D eigenvalue weighted by molar-refractivity contribution is 7.98. The van der Waals surface area contributed by atoms with Crippen molar-refractivity contribution in [3.8, 4) is 11.5 Å². The van der Waals surface area contributed by atoms with Crippen molar-refractivity contribution in [2.75, 3.05) is 23.5 Å². The average molecular weight is 676 g/mol. The van der Waals surface area contributed by atoms with E-state index in [-0.39, 0.29) is 35.7 Å². The topological polar surface area (TPSA) is 47.5 Å². The van der Waals surface area contributed by atoms with Gasteiger partial charge in [0.15, 0.2) is 5.75 Å². The molecule has 0 N–H and O–H groups in total. The first kappa shape index (κ1) is 34.7. The Morgan fingerprint density at radius 3 is 1.85 bits per heavy atom. The van der Waals surface area contributed by atoms with Gasteiger partial charge in [0, 0.05) is 24.4 Å². The van der Waals surface area contributed by atoms with Crippen molar-refractivity contribution >= 4 is 17.7 Å². The van der Waals surface area contributed by atoms with Crippen LogP contribution in [0.5, 0.6) is 11.5 Å². The Bertz CT molecular complexity index is 1550. The van der Waals surface area contributed by atoms with E-state index in [4.69, 9.17) is 9.47 Å². The van der Waals surface area contributed by atoms with E-state index in [9.17, 15) is 39.5 Å². The SMILES string of the molecule is CSCCOc1cnc(N(Cc2cc(C(F)(F)F)cc(C(F)(F)F)c2)Cc2cc(C(F)(F)F)ccc2OCc2ccccc2)nc1. The number of thioether (sulfide) groups is 1. The van der Waals surface area contributed by atoms with Gasteiger partial charge in [-0.3, -0.25) is 0 Å². The molecule has 4 rings (SSSR count). The molecule has 5 nitrogen and oxygen atoms in total. The minimum absolute atomic E-state index is 0.00656. The summed E-state index contributed by atoms with van der Waals surface area (Å²) in [4.78, 5) is 9.48. The first-order chi connectivity index (χ1) is 21.6. The molecule has 0 amide bonds. The van der Waals surface area contributed by atoms with E-state index < -0.39 is 53.9 Å². The van der Waals surface area contributed by atoms with E-state index in [1.807, 2.05) is 6.26 Å². The van der Waals surface area contributed by atoms with E-state index in [0.29, 0.717) is 30.1 Å². The van der Waals surface area contributed by atoms with Gasteiger partial charge in [-0.15, -0.1) is 0 Å². The number of benzene rings is 3. The van der Waals surface area contributed by atoms with Crippen LogP contribution in [-0.4, -0.2) is 28.6 Å². The highest BCUT2D eigenvalue weighted by Crippen LogP contribution is 2.38. The Balaban J connectivity index is 1.77. The maximum atomic E-state index is 13.7. The molecule has 4 aromatic rings. The van der Waals surface area contributed by atoms with Crippen molar-refractivity contribution < 1.29 is 49.0 Å². The van der Waals surface area contributed by atoms with Crippen LogP contribution in [-0.2, 0) is 38.2 Å². The molecule has 46 heavy (non-hydrogen) atoms. The molecule has 3 aromatic carbocycles. The van der Waals surface area contributed by atoms with Crippen LogP contribution in [0.1, 0.15) is 33.4 Å². The van der Waals surface area contributed by atoms with Gasteiger partial charge >= 0.3 is 18.5 Å². The summed E-state index contributed by atoms with van der Waals surface area (Å²) in [6.45, 7) is -0.822. The Labute approximate surface area is 262 Å². The molecule has 246 valence electrons. The fourth-order valence-electron chi connectivity index (χ4n) is 4.28. The summed E-state index contributed by atoms with van der Waals surface area (Å²) < 4.78 is 134. The molecule has 0 fully saturated rings. The molecular weight excluding hydrogens is 649 g/mol. The molecule has 0 radical (unpaired) electrons. The van der Waals surface area contributed by atoms with Gasteiger partial charge in [0.05, 0.1) is 35.7 Å². The highest BCUT2D eigenvalue weighted by atomic mass is 32.2. The standard InChI is InChI=1S/C31H26F9N3O2S/c1-46-10-9-44-26-15-41-28(42-16-26)43(17-21-11-24(30(35,36)37)14-25(12-21)31(38,39)40)18-22-13-23(29(32,33)34)7-8-27(22)45-19-20-5-3-2-4-6-20/h2-8,11-16H,9-10,17-19H2,1H3. The Morgan fingerprint density at radius 2 is 1.28 bits per heavy atom. The minimum atomic E-state index is -5.10. The van der Waals surface area contributed by atoms with Gasteiger partial charge in [-0.05, 0) is 53.8 Å². The van der Waals surface area contributed by atoms with Crippen LogP contribution in [0.3, 0.4) is 0 Å². The van der Waals surface area contributed by atoms with Crippen molar-refractivity contribution in [3.05, 3.63) is 113 Å². The summed E-state index contributed by atoms with van der Waals surface area (Å²) in [7, 11) is 0. The third kappa shape index (κ3) is 9.68. The van der Waals surface area contributed by atoms with Gasteiger partial charge in [-0.25, -0.2) is 9.97 Å². The molecule has 0 aliphatic rings. The fourth-order valence-corrected chi connectivity index (χ4v) is 4.53. The number of alkyl halides is 9. The molecule has 0 saturated heterocycles. The lowest BCUT2D eigenvalue weighted by molar-refractivity contribution is -0.143. The van der Waals surface area contributed by atoms with Gasteiger partial charge in [0.2, 0.25) is 5.95 Å². The van der Waals surface area contributed by atoms with Crippen LogP contribution < -0.4 is 14.4 Å². The number of halogens is 9. The maximum absolute atomic E-state index is 13.7. The zero-order chi connectivity index (χ0) is 33.5. The average Bonchev–Trinajstić information content (AvgIpc) is 2.99. The molecule has 0 spiro atoms. The number of hydrogen-bond acceptors (Lipinski definition) is 6. The largest absolute Gasteiger partial charge is 0.489 e. The molecule has 1 heterocycles. The Hall–Kier alpha value is -4.14. The first-order valence-electron chi connectivity index (χ1n) is 13.5. The number of hydrogen-bond donors (Lipinski definition) is 0. The van der Waals surface area contributed by atoms with Gasteiger partial charge in [-0.2, -0.15) is 51.3 Å². The second-order valence-electron chi connectivity index (χ2n) is 9.92. The van der Waals surface area contributed by atoms with Crippen LogP contribution >= 0.6 is 11.8 Å². The summed E-state index contributed by atoms with van der Waals surface area (Å²) in [5.74, 6) is 0.711. The second kappa shape index (κ2) is 14.5. The van der Waals surface area contributed by atoms with E-state index in [1.165, 1.54) is 24.2 Å². The number of rotatable bonds is 12. The van der Waals surface area contributed by atoms with E-state index in [2.05, 4.69) is 9.97 Å². The Morgan fingerprint density at radius 1 is 0.674 bits per heavy atom. The van der Waals surface area contributed by atoms with Crippen molar-refractivity contribution in [2.45, 2.75) is 38.2 Å². The molecule has 1 aromatic heterocycles. The summed E-state index contributed by atoms with van der Waals surface area (Å²) in [5, 5.41) is 0. The molecule has 0 unspecified atom stereocenters. The first-order valence-corrected chi connectivity index (χ1v) is 14.9. The van der Waals surface area contributed by atoms with Crippen molar-refractivity contribution in [3.63, 3.8) is 0 Å². The van der Waals surface area contributed by atoms with Crippen LogP contribution in [0.2, 0.25) is 0 Å². The molecule has 0 aliphatic carbocycles. The molecule has 0 bridgehead atoms. The van der Waals surface area contributed by atoms with Crippen LogP contribution in [0.15, 0.2) is 79.1 Å². The van der Waals surface area contributed by atoms with Gasteiger partial charge < -0.3 is 14.4 Å². The number of ether oxygens (including phenoxy) is 2. The third-order valence-electron chi connectivity index (χ3n) is 6.46. The zero-order valence-electron chi connectivity index (χ0n) is 24.0. The van der Waals surface area contributed by atoms with Crippen molar-refractivity contribution in [1.29, 1.82) is 0 Å². The van der Waals surface area contributed by atoms with Crippen molar-refractivity contribution in [2.24, 2.45) is 0 Å². The predicted molar refractivity (Wildman–Crippen MR) is 154 cm³/mol. The third-order valence-corrected chi connectivity index (χ3v) is 7.04. The summed E-state index contributed by atoms with van der Waals surface area (Å²) in [6, 6.07) is 12.5. The molecular formula is C31H26F9N3O2S. The van der Waals surface area contributed by atoms with E-state index >= 15 is 0 Å². The summed E-state index contributed by atoms with van der Waals surface area (Å²) in [6.07, 6.45) is -10.6. The number of anilines is 1. The van der Waals surface area contributed by atoms with Gasteiger partial charge in [0.25, 0.3) is 0 Å². The van der Waals surface area contributed by atoms with E-state index in [1.54, 1.807) is 30.3 Å². The normalized spacial score (nSPS) is 12.2. The van der Waals surface area contributed by atoms with Gasteiger partial charge in [0.1, 0.15) is 12.4 Å². The second-order valence-corrected chi connectivity index (χ2v) is 10.9. The monoisotopic (exact) mass is 675 g/mol. The molecule has 0 saturated carbocycles. The number of aromatic nitrogens is 2. The van der Waals surface area contributed by atoms with Crippen LogP contribution in [0.4, 0.5) is 45.5 Å². The van der Waals surface area contributed by atoms with Crippen LogP contribution in [0, 0.1) is 0 Å². The zero-order valence-corrected chi connectivity index (χ0v) is 24.8. The minimum Gasteiger partial charge on any atom is -0.489 e.